The first-order valence-corrected chi connectivity index (χ1v) is 3.71. The lowest BCUT2D eigenvalue weighted by Crippen LogP contribution is -2.10. The van der Waals surface area contributed by atoms with Crippen molar-refractivity contribution in [2.75, 3.05) is 0 Å². The van der Waals surface area contributed by atoms with Gasteiger partial charge in [0.25, 0.3) is 0 Å². The molecular weight excluding hydrogens is 139 g/mol. The molecule has 1 rings (SSSR count). The van der Waals surface area contributed by atoms with Crippen molar-refractivity contribution < 1.29 is 4.57 Å². The molecule has 0 spiro atoms. The summed E-state index contributed by atoms with van der Waals surface area (Å²) in [5, 5.41) is 0. The minimum Gasteiger partial charge on any atom is -0.302 e. The molecule has 2 N–H and O–H groups in total. The summed E-state index contributed by atoms with van der Waals surface area (Å²) in [4.78, 5) is 10.7. The Morgan fingerprint density at radius 1 is 1.44 bits per heavy atom. The monoisotopic (exact) mass is 144 g/mol. The molecule has 1 aromatic heterocycles. The van der Waals surface area contributed by atoms with Crippen molar-refractivity contribution in [3.05, 3.63) is 12.7 Å². The van der Waals surface area contributed by atoms with Gasteiger partial charge in [0.2, 0.25) is 5.57 Å². The number of nitrogens with zero attached hydrogens (tertiary/aromatic N) is 3. The highest BCUT2D eigenvalue weighted by Gasteiger charge is 1.96. The lowest BCUT2D eigenvalue weighted by molar-refractivity contribution is 0.593. The highest BCUT2D eigenvalue weighted by atomic mass is 31.1. The first-order valence-electron chi connectivity index (χ1n) is 2.22. The Hall–Kier alpha value is -0.800. The maximum absolute atomic E-state index is 10.5. The Morgan fingerprint density at radius 3 is 2.33 bits per heavy atom. The fourth-order valence-corrected chi connectivity index (χ4v) is 0.736. The highest BCUT2D eigenvalue weighted by Crippen LogP contribution is 1.99. The molecular formula is C3H5N4OP. The summed E-state index contributed by atoms with van der Waals surface area (Å²) in [6.45, 7) is 0. The standard InChI is InChI=1S/C3H5N4OP/c4-9(8)3-6-1-5-2-7-3/h1-2,9H,(H2,4,8). The Kier molecular flexibility index (Phi) is 1.87. The van der Waals surface area contributed by atoms with Gasteiger partial charge in [0, 0.05) is 0 Å². The SMILES string of the molecule is N[PH](=O)c1ncncn1. The van der Waals surface area contributed by atoms with E-state index >= 15 is 0 Å². The van der Waals surface area contributed by atoms with Crippen LogP contribution in [0.1, 0.15) is 0 Å². The van der Waals surface area contributed by atoms with Crippen LogP contribution in [0.15, 0.2) is 12.7 Å². The van der Waals surface area contributed by atoms with Crippen molar-refractivity contribution in [3.8, 4) is 0 Å². The van der Waals surface area contributed by atoms with E-state index in [4.69, 9.17) is 5.50 Å². The summed E-state index contributed by atoms with van der Waals surface area (Å²) >= 11 is 0. The number of nitrogens with two attached hydrogens (primary N) is 1. The minimum atomic E-state index is -2.22. The van der Waals surface area contributed by atoms with E-state index in [1.807, 2.05) is 0 Å². The molecule has 9 heavy (non-hydrogen) atoms. The second kappa shape index (κ2) is 2.66. The Bertz CT molecular complexity index is 212. The van der Waals surface area contributed by atoms with Gasteiger partial charge in [-0.15, -0.1) is 0 Å². The fraction of sp³-hybridized carbons (Fsp3) is 0. The number of hydrogen-bond acceptors (Lipinski definition) is 4. The van der Waals surface area contributed by atoms with Crippen LogP contribution in [0.2, 0.25) is 0 Å². The van der Waals surface area contributed by atoms with Crippen LogP contribution >= 0.6 is 7.95 Å². The van der Waals surface area contributed by atoms with Gasteiger partial charge in [0.15, 0.2) is 7.95 Å². The molecule has 0 aliphatic carbocycles. The van der Waals surface area contributed by atoms with Gasteiger partial charge in [0.05, 0.1) is 0 Å². The predicted molar refractivity (Wildman–Crippen MR) is 32.6 cm³/mol. The van der Waals surface area contributed by atoms with Crippen LogP contribution in [0.3, 0.4) is 0 Å². The molecule has 1 unspecified atom stereocenters. The Balaban J connectivity index is 2.98. The van der Waals surface area contributed by atoms with E-state index in [2.05, 4.69) is 15.0 Å². The largest absolute Gasteiger partial charge is 0.302 e. The molecule has 0 fully saturated rings. The molecule has 0 aromatic carbocycles. The number of hydrogen-bond donors (Lipinski definition) is 1. The normalized spacial score (nSPS) is 13.0. The molecule has 0 amide bonds. The zero-order valence-corrected chi connectivity index (χ0v) is 5.48. The molecule has 0 saturated heterocycles. The number of rotatable bonds is 1. The van der Waals surface area contributed by atoms with E-state index < -0.39 is 7.95 Å². The van der Waals surface area contributed by atoms with Crippen LogP contribution in [0, 0.1) is 0 Å². The van der Waals surface area contributed by atoms with E-state index in [0.29, 0.717) is 0 Å². The van der Waals surface area contributed by atoms with Gasteiger partial charge < -0.3 is 4.57 Å². The third-order valence-electron chi connectivity index (χ3n) is 0.714. The van der Waals surface area contributed by atoms with Gasteiger partial charge in [-0.3, -0.25) is 5.50 Å². The smallest absolute Gasteiger partial charge is 0.203 e. The zero-order chi connectivity index (χ0) is 6.69. The lowest BCUT2D eigenvalue weighted by Gasteiger charge is -1.88. The quantitative estimate of drug-likeness (QED) is 0.507. The summed E-state index contributed by atoms with van der Waals surface area (Å²) in [6, 6.07) is 0. The summed E-state index contributed by atoms with van der Waals surface area (Å²) in [5.74, 6) is 0. The molecule has 1 aromatic rings. The second-order valence-corrected chi connectivity index (χ2v) is 2.50. The van der Waals surface area contributed by atoms with Gasteiger partial charge in [-0.25, -0.2) is 15.0 Å². The molecule has 0 bridgehead atoms. The molecule has 0 aliphatic rings. The molecule has 5 nitrogen and oxygen atoms in total. The van der Waals surface area contributed by atoms with Crippen molar-refractivity contribution in [1.29, 1.82) is 0 Å². The van der Waals surface area contributed by atoms with Gasteiger partial charge >= 0.3 is 0 Å². The maximum Gasteiger partial charge on any atom is 0.203 e. The van der Waals surface area contributed by atoms with E-state index in [0.717, 1.165) is 0 Å². The third-order valence-corrected chi connectivity index (χ3v) is 1.41. The van der Waals surface area contributed by atoms with Crippen molar-refractivity contribution in [3.63, 3.8) is 0 Å². The van der Waals surface area contributed by atoms with Gasteiger partial charge in [-0.2, -0.15) is 0 Å². The minimum absolute atomic E-state index is 0.176. The fourth-order valence-electron chi connectivity index (χ4n) is 0.366. The van der Waals surface area contributed by atoms with E-state index in [1.54, 1.807) is 0 Å². The first kappa shape index (κ1) is 6.32. The van der Waals surface area contributed by atoms with Crippen LogP contribution in [0.5, 0.6) is 0 Å². The Labute approximate surface area is 52.2 Å². The highest BCUT2D eigenvalue weighted by molar-refractivity contribution is 7.50. The van der Waals surface area contributed by atoms with Crippen LogP contribution < -0.4 is 11.1 Å². The van der Waals surface area contributed by atoms with Gasteiger partial charge in [-0.05, 0) is 0 Å². The van der Waals surface area contributed by atoms with Crippen molar-refractivity contribution in [2.24, 2.45) is 5.50 Å². The molecule has 0 radical (unpaired) electrons. The van der Waals surface area contributed by atoms with Crippen molar-refractivity contribution in [2.45, 2.75) is 0 Å². The first-order chi connectivity index (χ1) is 4.30. The molecule has 1 heterocycles. The zero-order valence-electron chi connectivity index (χ0n) is 4.48. The predicted octanol–water partition coefficient (Wildman–Crippen LogP) is -1.07. The number of aromatic nitrogens is 3. The average molecular weight is 144 g/mol. The average Bonchev–Trinajstić information content (AvgIpc) is 1.90. The summed E-state index contributed by atoms with van der Waals surface area (Å²) in [6.07, 6.45) is 2.52. The van der Waals surface area contributed by atoms with Crippen LogP contribution in [0.25, 0.3) is 0 Å². The molecule has 0 aliphatic heterocycles. The van der Waals surface area contributed by atoms with Crippen molar-refractivity contribution >= 4 is 13.5 Å². The van der Waals surface area contributed by atoms with E-state index in [1.165, 1.54) is 12.7 Å². The van der Waals surface area contributed by atoms with Crippen LogP contribution in [0.4, 0.5) is 0 Å². The van der Waals surface area contributed by atoms with Crippen LogP contribution in [-0.4, -0.2) is 15.0 Å². The molecule has 48 valence electrons. The summed E-state index contributed by atoms with van der Waals surface area (Å²) < 4.78 is 10.5. The third kappa shape index (κ3) is 1.55. The van der Waals surface area contributed by atoms with Crippen molar-refractivity contribution in [1.82, 2.24) is 15.0 Å². The van der Waals surface area contributed by atoms with Gasteiger partial charge in [-0.1, -0.05) is 0 Å². The van der Waals surface area contributed by atoms with Crippen LogP contribution in [-0.2, 0) is 4.57 Å². The maximum atomic E-state index is 10.5. The van der Waals surface area contributed by atoms with E-state index in [9.17, 15) is 4.57 Å². The molecule has 1 atom stereocenters. The topological polar surface area (TPSA) is 81.8 Å². The Morgan fingerprint density at radius 2 is 2.00 bits per heavy atom. The summed E-state index contributed by atoms with van der Waals surface area (Å²) in [5.41, 5.74) is 5.18. The lowest BCUT2D eigenvalue weighted by atomic mass is 11.1. The molecule has 6 heteroatoms. The van der Waals surface area contributed by atoms with E-state index in [-0.39, 0.29) is 5.57 Å². The molecule has 0 saturated carbocycles. The summed E-state index contributed by atoms with van der Waals surface area (Å²) in [7, 11) is -2.22. The van der Waals surface area contributed by atoms with Gasteiger partial charge in [0.1, 0.15) is 12.7 Å². The second-order valence-electron chi connectivity index (χ2n) is 1.33.